The molecule has 4 heterocycles. The molecule has 5 rings (SSSR count). The molecule has 0 spiro atoms. The number of pyridine rings is 1. The predicted molar refractivity (Wildman–Crippen MR) is 117 cm³/mol. The second-order valence-electron chi connectivity index (χ2n) is 8.19. The largest absolute Gasteiger partial charge is 0.310 e. The van der Waals surface area contributed by atoms with Crippen LogP contribution in [0, 0.1) is 0 Å². The van der Waals surface area contributed by atoms with Crippen LogP contribution in [0.5, 0.6) is 0 Å². The first-order chi connectivity index (χ1) is 14.6. The van der Waals surface area contributed by atoms with Crippen LogP contribution < -0.4 is 16.4 Å². The van der Waals surface area contributed by atoms with Crippen molar-refractivity contribution in [1.29, 1.82) is 0 Å². The molecule has 1 aromatic carbocycles. The third-order valence-corrected chi connectivity index (χ3v) is 6.49. The number of halogens is 1. The van der Waals surface area contributed by atoms with Crippen LogP contribution in [0.1, 0.15) is 24.4 Å². The number of nitrogens with one attached hydrogen (secondary N) is 1. The van der Waals surface area contributed by atoms with Gasteiger partial charge in [-0.25, -0.2) is 4.98 Å². The van der Waals surface area contributed by atoms with Crippen molar-refractivity contribution in [1.82, 2.24) is 24.3 Å². The average Bonchev–Trinajstić information content (AvgIpc) is 3.14. The number of hydrogen-bond acceptors (Lipinski definition) is 5. The summed E-state index contributed by atoms with van der Waals surface area (Å²) in [7, 11) is 0. The second-order valence-corrected chi connectivity index (χ2v) is 8.63. The summed E-state index contributed by atoms with van der Waals surface area (Å²) < 4.78 is 3.45. The van der Waals surface area contributed by atoms with E-state index in [2.05, 4.69) is 27.3 Å². The van der Waals surface area contributed by atoms with Crippen molar-refractivity contribution < 1.29 is 0 Å². The first kappa shape index (κ1) is 19.5. The fourth-order valence-corrected chi connectivity index (χ4v) is 4.77. The third-order valence-electron chi connectivity index (χ3n) is 6.24. The van der Waals surface area contributed by atoms with Crippen LogP contribution in [0.2, 0.25) is 5.02 Å². The Kier molecular flexibility index (Phi) is 5.18. The van der Waals surface area contributed by atoms with Crippen molar-refractivity contribution in [3.8, 4) is 0 Å². The fourth-order valence-electron chi connectivity index (χ4n) is 4.65. The quantitative estimate of drug-likeness (QED) is 0.677. The van der Waals surface area contributed by atoms with E-state index in [1.165, 1.54) is 17.8 Å². The Morgan fingerprint density at radius 3 is 2.57 bits per heavy atom. The highest BCUT2D eigenvalue weighted by Crippen LogP contribution is 2.24. The molecule has 3 aromatic rings. The molecule has 2 aliphatic rings. The van der Waals surface area contributed by atoms with E-state index in [1.54, 1.807) is 15.2 Å². The highest BCUT2D eigenvalue weighted by molar-refractivity contribution is 6.30. The maximum atomic E-state index is 12.5. The Morgan fingerprint density at radius 2 is 1.80 bits per heavy atom. The Hall–Kier alpha value is -2.48. The summed E-state index contributed by atoms with van der Waals surface area (Å²) in [5.41, 5.74) is 2.37. The molecular weight excluding hydrogens is 402 g/mol. The van der Waals surface area contributed by atoms with E-state index in [0.29, 0.717) is 23.8 Å². The van der Waals surface area contributed by atoms with E-state index in [4.69, 9.17) is 11.6 Å². The lowest BCUT2D eigenvalue weighted by Gasteiger charge is -2.34. The zero-order valence-electron chi connectivity index (χ0n) is 16.6. The zero-order chi connectivity index (χ0) is 20.7. The molecule has 1 fully saturated rings. The summed E-state index contributed by atoms with van der Waals surface area (Å²) in [6.07, 6.45) is 3.49. The summed E-state index contributed by atoms with van der Waals surface area (Å²) in [4.78, 5) is 31.4. The first-order valence-corrected chi connectivity index (χ1v) is 10.8. The lowest BCUT2D eigenvalue weighted by molar-refractivity contribution is 0.171. The van der Waals surface area contributed by atoms with Crippen molar-refractivity contribution in [3.63, 3.8) is 0 Å². The topological polar surface area (TPSA) is 72.2 Å². The van der Waals surface area contributed by atoms with Crippen LogP contribution in [0.3, 0.4) is 0 Å². The summed E-state index contributed by atoms with van der Waals surface area (Å²) >= 11 is 5.95. The molecule has 1 unspecified atom stereocenters. The number of aromatic nitrogens is 3. The van der Waals surface area contributed by atoms with E-state index < -0.39 is 0 Å². The average molecular weight is 426 g/mol. The van der Waals surface area contributed by atoms with E-state index in [1.807, 2.05) is 12.1 Å². The lowest BCUT2D eigenvalue weighted by atomic mass is 10.0. The number of nitrogens with zero attached hydrogens (tertiary/aromatic N) is 4. The van der Waals surface area contributed by atoms with Gasteiger partial charge in [0.05, 0.1) is 12.2 Å². The molecule has 0 saturated carbocycles. The van der Waals surface area contributed by atoms with Gasteiger partial charge in [-0.3, -0.25) is 18.7 Å². The molecule has 2 aliphatic heterocycles. The molecular formula is C22H24ClN5O2. The minimum Gasteiger partial charge on any atom is -0.310 e. The van der Waals surface area contributed by atoms with Gasteiger partial charge in [0.1, 0.15) is 11.2 Å². The number of rotatable bonds is 5. The van der Waals surface area contributed by atoms with Gasteiger partial charge in [0, 0.05) is 36.8 Å². The van der Waals surface area contributed by atoms with Crippen molar-refractivity contribution in [2.75, 3.05) is 19.6 Å². The van der Waals surface area contributed by atoms with Gasteiger partial charge >= 0.3 is 0 Å². The highest BCUT2D eigenvalue weighted by Gasteiger charge is 2.29. The van der Waals surface area contributed by atoms with Gasteiger partial charge in [0.2, 0.25) is 0 Å². The van der Waals surface area contributed by atoms with E-state index in [0.717, 1.165) is 44.0 Å². The van der Waals surface area contributed by atoms with Gasteiger partial charge in [0.25, 0.3) is 11.1 Å². The molecule has 1 atom stereocenters. The summed E-state index contributed by atoms with van der Waals surface area (Å²) in [5.74, 6) is 0. The summed E-state index contributed by atoms with van der Waals surface area (Å²) in [5, 5.41) is 4.40. The Bertz CT molecular complexity index is 1170. The number of hydrogen-bond donors (Lipinski definition) is 1. The van der Waals surface area contributed by atoms with Gasteiger partial charge in [-0.15, -0.1) is 0 Å². The number of benzene rings is 1. The summed E-state index contributed by atoms with van der Waals surface area (Å²) in [6, 6.07) is 11.6. The van der Waals surface area contributed by atoms with Crippen molar-refractivity contribution in [3.05, 3.63) is 73.9 Å². The smallest absolute Gasteiger partial charge is 0.270 e. The SMILES string of the molecule is O=c1ccc2ncc(=O)n3c2n1CC3CN1CCC(NCc2ccc(Cl)cc2)CC1. The van der Waals surface area contributed by atoms with Crippen LogP contribution in [0.25, 0.3) is 11.2 Å². The van der Waals surface area contributed by atoms with Gasteiger partial charge < -0.3 is 10.2 Å². The van der Waals surface area contributed by atoms with Crippen molar-refractivity contribution in [2.24, 2.45) is 0 Å². The van der Waals surface area contributed by atoms with Crippen molar-refractivity contribution in [2.45, 2.75) is 38.0 Å². The molecule has 0 bridgehead atoms. The van der Waals surface area contributed by atoms with Gasteiger partial charge in [-0.2, -0.15) is 0 Å². The van der Waals surface area contributed by atoms with Crippen LogP contribution in [-0.2, 0) is 13.1 Å². The molecule has 0 aliphatic carbocycles. The Labute approximate surface area is 178 Å². The lowest BCUT2D eigenvalue weighted by Crippen LogP contribution is -2.44. The molecule has 0 radical (unpaired) electrons. The fraction of sp³-hybridized carbons (Fsp3) is 0.409. The maximum Gasteiger partial charge on any atom is 0.270 e. The number of likely N-dealkylation sites (tertiary alicyclic amines) is 1. The summed E-state index contributed by atoms with van der Waals surface area (Å²) in [6.45, 7) is 4.09. The van der Waals surface area contributed by atoms with Gasteiger partial charge in [0.15, 0.2) is 0 Å². The zero-order valence-corrected chi connectivity index (χ0v) is 17.4. The van der Waals surface area contributed by atoms with Gasteiger partial charge in [-0.1, -0.05) is 23.7 Å². The maximum absolute atomic E-state index is 12.5. The third kappa shape index (κ3) is 3.69. The highest BCUT2D eigenvalue weighted by atomic mass is 35.5. The monoisotopic (exact) mass is 425 g/mol. The Morgan fingerprint density at radius 1 is 1.03 bits per heavy atom. The molecule has 8 heteroatoms. The van der Waals surface area contributed by atoms with Crippen LogP contribution in [0.15, 0.2) is 52.2 Å². The minimum absolute atomic E-state index is 0.0309. The Balaban J connectivity index is 1.21. The van der Waals surface area contributed by atoms with Crippen LogP contribution in [0.4, 0.5) is 0 Å². The van der Waals surface area contributed by atoms with Crippen molar-refractivity contribution >= 4 is 22.8 Å². The molecule has 1 N–H and O–H groups in total. The van der Waals surface area contributed by atoms with E-state index >= 15 is 0 Å². The standard InChI is InChI=1S/C22H24ClN5O2/c23-16-3-1-15(2-4-16)11-24-17-7-9-26(10-8-17)13-18-14-27-20(29)6-5-19-22(27)28(18)21(30)12-25-19/h1-6,12,17-18,24H,7-11,13-14H2. The molecule has 156 valence electrons. The normalized spacial score (nSPS) is 19.6. The van der Waals surface area contributed by atoms with Crippen LogP contribution in [-0.4, -0.2) is 44.7 Å². The van der Waals surface area contributed by atoms with E-state index in [-0.39, 0.29) is 17.2 Å². The second kappa shape index (κ2) is 7.98. The molecule has 30 heavy (non-hydrogen) atoms. The molecule has 1 saturated heterocycles. The molecule has 2 aromatic heterocycles. The molecule has 7 nitrogen and oxygen atoms in total. The predicted octanol–water partition coefficient (Wildman–Crippen LogP) is 2.02. The number of piperidine rings is 1. The first-order valence-electron chi connectivity index (χ1n) is 10.4. The van der Waals surface area contributed by atoms with Gasteiger partial charge in [-0.05, 0) is 49.7 Å². The van der Waals surface area contributed by atoms with E-state index in [9.17, 15) is 9.59 Å². The molecule has 0 amide bonds. The van der Waals surface area contributed by atoms with Crippen LogP contribution >= 0.6 is 11.6 Å². The minimum atomic E-state index is -0.135.